The third-order valence-corrected chi connectivity index (χ3v) is 4.30. The third kappa shape index (κ3) is 5.45. The summed E-state index contributed by atoms with van der Waals surface area (Å²) in [5.74, 6) is -0.656. The van der Waals surface area contributed by atoms with Gasteiger partial charge in [-0.25, -0.2) is 0 Å². The molecule has 0 spiro atoms. The van der Waals surface area contributed by atoms with Gasteiger partial charge in [0.25, 0.3) is 5.91 Å². The molecule has 0 fully saturated rings. The second-order valence-electron chi connectivity index (χ2n) is 6.89. The molecule has 0 bridgehead atoms. The molecule has 0 radical (unpaired) electrons. The van der Waals surface area contributed by atoms with Crippen LogP contribution in [0.3, 0.4) is 0 Å². The van der Waals surface area contributed by atoms with Crippen LogP contribution < -0.4 is 15.6 Å². The first-order valence-electron chi connectivity index (χ1n) is 9.51. The van der Waals surface area contributed by atoms with Crippen LogP contribution in [0.2, 0.25) is 0 Å². The molecule has 3 rings (SSSR count). The smallest absolute Gasteiger partial charge is 0.269 e. The lowest BCUT2D eigenvalue weighted by Gasteiger charge is -2.18. The van der Waals surface area contributed by atoms with E-state index in [0.29, 0.717) is 11.3 Å². The number of ether oxygens (including phenoxy) is 1. The molecule has 3 aromatic rings. The van der Waals surface area contributed by atoms with Gasteiger partial charge >= 0.3 is 0 Å². The maximum Gasteiger partial charge on any atom is 0.269 e. The van der Waals surface area contributed by atoms with E-state index in [1.54, 1.807) is 24.3 Å². The van der Waals surface area contributed by atoms with Crippen molar-refractivity contribution in [2.24, 2.45) is 0 Å². The molecule has 148 valence electrons. The molecule has 29 heavy (non-hydrogen) atoms. The number of rotatable bonds is 6. The second-order valence-corrected chi connectivity index (χ2v) is 6.89. The lowest BCUT2D eigenvalue weighted by atomic mass is 9.91. The van der Waals surface area contributed by atoms with Crippen molar-refractivity contribution in [2.45, 2.75) is 25.9 Å². The van der Waals surface area contributed by atoms with Gasteiger partial charge in [-0.15, -0.1) is 0 Å². The summed E-state index contributed by atoms with van der Waals surface area (Å²) in [7, 11) is 0. The van der Waals surface area contributed by atoms with Crippen LogP contribution in [0.25, 0.3) is 0 Å². The van der Waals surface area contributed by atoms with E-state index in [2.05, 4.69) is 10.9 Å². The molecule has 0 saturated carbocycles. The standard InChI is InChI=1S/C24H24N2O3/c1-17(2)29-21-15-9-14-20(16-21)23(27)25-26-24(28)22(18-10-5-3-6-11-18)19-12-7-4-8-13-19/h3-17,22H,1-2H3,(H,25,27)(H,26,28). The highest BCUT2D eigenvalue weighted by molar-refractivity contribution is 5.96. The molecule has 0 atom stereocenters. The molecule has 5 nitrogen and oxygen atoms in total. The monoisotopic (exact) mass is 388 g/mol. The zero-order chi connectivity index (χ0) is 20.6. The van der Waals surface area contributed by atoms with Gasteiger partial charge < -0.3 is 4.74 Å². The Morgan fingerprint density at radius 2 is 1.34 bits per heavy atom. The van der Waals surface area contributed by atoms with Crippen LogP contribution in [0.15, 0.2) is 84.9 Å². The molecule has 5 heteroatoms. The molecule has 0 aliphatic heterocycles. The van der Waals surface area contributed by atoms with Crippen LogP contribution in [-0.2, 0) is 4.79 Å². The second kappa shape index (κ2) is 9.55. The Morgan fingerprint density at radius 3 is 1.90 bits per heavy atom. The van der Waals surface area contributed by atoms with Crippen LogP contribution in [0.5, 0.6) is 5.75 Å². The van der Waals surface area contributed by atoms with Gasteiger partial charge in [0.2, 0.25) is 5.91 Å². The molecule has 2 amide bonds. The first-order chi connectivity index (χ1) is 14.0. The number of amides is 2. The molecular weight excluding hydrogens is 364 g/mol. The van der Waals surface area contributed by atoms with Crippen molar-refractivity contribution in [2.75, 3.05) is 0 Å². The number of hydrogen-bond acceptors (Lipinski definition) is 3. The summed E-state index contributed by atoms with van der Waals surface area (Å²) in [6.45, 7) is 3.83. The summed E-state index contributed by atoms with van der Waals surface area (Å²) >= 11 is 0. The van der Waals surface area contributed by atoms with Gasteiger partial charge in [0.15, 0.2) is 0 Å². The normalized spacial score (nSPS) is 10.6. The van der Waals surface area contributed by atoms with Crippen molar-refractivity contribution in [3.05, 3.63) is 102 Å². The number of carbonyl (C=O) groups is 2. The van der Waals surface area contributed by atoms with Gasteiger partial charge in [0.1, 0.15) is 5.75 Å². The Bertz CT molecular complexity index is 917. The lowest BCUT2D eigenvalue weighted by Crippen LogP contribution is -2.44. The van der Waals surface area contributed by atoms with E-state index in [0.717, 1.165) is 11.1 Å². The highest BCUT2D eigenvalue weighted by atomic mass is 16.5. The predicted octanol–water partition coefficient (Wildman–Crippen LogP) is 4.07. The average molecular weight is 388 g/mol. The molecule has 0 aliphatic carbocycles. The van der Waals surface area contributed by atoms with Gasteiger partial charge in [-0.2, -0.15) is 0 Å². The fourth-order valence-electron chi connectivity index (χ4n) is 3.03. The summed E-state index contributed by atoms with van der Waals surface area (Å²) < 4.78 is 5.62. The van der Waals surface area contributed by atoms with E-state index in [1.807, 2.05) is 74.5 Å². The van der Waals surface area contributed by atoms with Crippen LogP contribution in [0.4, 0.5) is 0 Å². The Hall–Kier alpha value is -3.60. The predicted molar refractivity (Wildman–Crippen MR) is 113 cm³/mol. The largest absolute Gasteiger partial charge is 0.491 e. The summed E-state index contributed by atoms with van der Waals surface area (Å²) in [5.41, 5.74) is 7.16. The average Bonchev–Trinajstić information content (AvgIpc) is 2.73. The molecule has 0 unspecified atom stereocenters. The summed E-state index contributed by atoms with van der Waals surface area (Å²) in [4.78, 5) is 25.4. The van der Waals surface area contributed by atoms with E-state index in [9.17, 15) is 9.59 Å². The third-order valence-electron chi connectivity index (χ3n) is 4.30. The minimum atomic E-state index is -0.534. The maximum atomic E-state index is 12.9. The molecule has 0 heterocycles. The van der Waals surface area contributed by atoms with Gasteiger partial charge in [-0.1, -0.05) is 66.7 Å². The Labute approximate surface area is 170 Å². The van der Waals surface area contributed by atoms with Crippen LogP contribution in [0.1, 0.15) is 41.3 Å². The molecule has 0 aliphatic rings. The fraction of sp³-hybridized carbons (Fsp3) is 0.167. The molecule has 0 aromatic heterocycles. The zero-order valence-corrected chi connectivity index (χ0v) is 16.5. The van der Waals surface area contributed by atoms with E-state index in [1.165, 1.54) is 0 Å². The number of benzene rings is 3. The lowest BCUT2D eigenvalue weighted by molar-refractivity contribution is -0.122. The number of hydrazine groups is 1. The summed E-state index contributed by atoms with van der Waals surface area (Å²) in [6, 6.07) is 25.8. The SMILES string of the molecule is CC(C)Oc1cccc(C(=O)NNC(=O)C(c2ccccc2)c2ccccc2)c1. The van der Waals surface area contributed by atoms with Crippen LogP contribution >= 0.6 is 0 Å². The quantitative estimate of drug-likeness (QED) is 0.626. The molecular formula is C24H24N2O3. The number of carbonyl (C=O) groups excluding carboxylic acids is 2. The highest BCUT2D eigenvalue weighted by Gasteiger charge is 2.23. The number of nitrogens with one attached hydrogen (secondary N) is 2. The summed E-state index contributed by atoms with van der Waals surface area (Å²) in [6.07, 6.45) is 0.00511. The van der Waals surface area contributed by atoms with Gasteiger partial charge in [-0.3, -0.25) is 20.4 Å². The van der Waals surface area contributed by atoms with Crippen LogP contribution in [0, 0.1) is 0 Å². The first-order valence-corrected chi connectivity index (χ1v) is 9.51. The van der Waals surface area contributed by atoms with E-state index in [4.69, 9.17) is 4.74 Å². The van der Waals surface area contributed by atoms with Gasteiger partial charge in [0, 0.05) is 5.56 Å². The number of hydrogen-bond donors (Lipinski definition) is 2. The highest BCUT2D eigenvalue weighted by Crippen LogP contribution is 2.24. The van der Waals surface area contributed by atoms with Crippen molar-refractivity contribution in [3.8, 4) is 5.75 Å². The van der Waals surface area contributed by atoms with Crippen molar-refractivity contribution in [1.82, 2.24) is 10.9 Å². The van der Waals surface area contributed by atoms with E-state index in [-0.39, 0.29) is 12.0 Å². The summed E-state index contributed by atoms with van der Waals surface area (Å²) in [5, 5.41) is 0. The minimum absolute atomic E-state index is 0.00511. The molecule has 0 saturated heterocycles. The Balaban J connectivity index is 1.73. The van der Waals surface area contributed by atoms with Crippen molar-refractivity contribution < 1.29 is 14.3 Å². The maximum absolute atomic E-state index is 12.9. The van der Waals surface area contributed by atoms with E-state index >= 15 is 0 Å². The topological polar surface area (TPSA) is 67.4 Å². The van der Waals surface area contributed by atoms with E-state index < -0.39 is 11.8 Å². The fourth-order valence-corrected chi connectivity index (χ4v) is 3.03. The molecule has 3 aromatic carbocycles. The zero-order valence-electron chi connectivity index (χ0n) is 16.5. The van der Waals surface area contributed by atoms with Crippen molar-refractivity contribution in [3.63, 3.8) is 0 Å². The van der Waals surface area contributed by atoms with Crippen LogP contribution in [-0.4, -0.2) is 17.9 Å². The van der Waals surface area contributed by atoms with Crippen molar-refractivity contribution in [1.29, 1.82) is 0 Å². The molecule has 2 N–H and O–H groups in total. The Kier molecular flexibility index (Phi) is 6.63. The van der Waals surface area contributed by atoms with Gasteiger partial charge in [-0.05, 0) is 43.2 Å². The minimum Gasteiger partial charge on any atom is -0.491 e. The van der Waals surface area contributed by atoms with Gasteiger partial charge in [0.05, 0.1) is 12.0 Å². The first kappa shape index (κ1) is 20.1. The van der Waals surface area contributed by atoms with Crippen molar-refractivity contribution >= 4 is 11.8 Å². The Morgan fingerprint density at radius 1 is 0.759 bits per heavy atom.